The van der Waals surface area contributed by atoms with Gasteiger partial charge >= 0.3 is 0 Å². The molecule has 1 aliphatic heterocycles. The van der Waals surface area contributed by atoms with Gasteiger partial charge in [-0.05, 0) is 65.9 Å². The number of amides is 1. The van der Waals surface area contributed by atoms with Crippen molar-refractivity contribution < 1.29 is 9.18 Å². The zero-order chi connectivity index (χ0) is 14.1. The molecule has 1 aliphatic carbocycles. The van der Waals surface area contributed by atoms with Crippen molar-refractivity contribution in [3.63, 3.8) is 0 Å². The number of nitrogens with zero attached hydrogens (tertiary/aromatic N) is 1. The highest BCUT2D eigenvalue weighted by Crippen LogP contribution is 2.31. The quantitative estimate of drug-likeness (QED) is 0.913. The number of nitrogens with one attached hydrogen (secondary N) is 1. The predicted octanol–water partition coefficient (Wildman–Crippen LogP) is 2.80. The van der Waals surface area contributed by atoms with Gasteiger partial charge in [-0.25, -0.2) is 4.39 Å². The Balaban J connectivity index is 1.50. The lowest BCUT2D eigenvalue weighted by Crippen LogP contribution is -2.31. The average Bonchev–Trinajstić information content (AvgIpc) is 3.18. The molecule has 1 saturated heterocycles. The number of carbonyl (C=O) groups is 1. The van der Waals surface area contributed by atoms with Crippen molar-refractivity contribution >= 4 is 21.8 Å². The second kappa shape index (κ2) is 5.82. The Bertz CT molecular complexity index is 519. The number of hydrogen-bond donors (Lipinski definition) is 1. The van der Waals surface area contributed by atoms with E-state index in [0.717, 1.165) is 25.6 Å². The molecule has 108 valence electrons. The summed E-state index contributed by atoms with van der Waals surface area (Å²) in [7, 11) is 0. The van der Waals surface area contributed by atoms with Gasteiger partial charge in [-0.3, -0.25) is 4.79 Å². The van der Waals surface area contributed by atoms with Crippen molar-refractivity contribution in [3.05, 3.63) is 34.1 Å². The van der Waals surface area contributed by atoms with Crippen molar-refractivity contribution in [2.24, 2.45) is 5.92 Å². The van der Waals surface area contributed by atoms with Crippen molar-refractivity contribution in [2.75, 3.05) is 19.6 Å². The molecule has 1 N–H and O–H groups in total. The van der Waals surface area contributed by atoms with E-state index >= 15 is 0 Å². The summed E-state index contributed by atoms with van der Waals surface area (Å²) in [5.74, 6) is -0.0699. The fourth-order valence-electron chi connectivity index (χ4n) is 2.78. The third-order valence-corrected chi connectivity index (χ3v) is 4.76. The van der Waals surface area contributed by atoms with Crippen molar-refractivity contribution in [3.8, 4) is 0 Å². The molecular weight excluding hydrogens is 323 g/mol. The summed E-state index contributed by atoms with van der Waals surface area (Å²) in [5, 5.41) is 2.92. The Hall–Kier alpha value is -0.940. The average molecular weight is 341 g/mol. The van der Waals surface area contributed by atoms with Gasteiger partial charge in [0.15, 0.2) is 0 Å². The SMILES string of the molecule is O=C(NCC1CCN(C2CC2)C1)c1ccc(Br)c(F)c1. The van der Waals surface area contributed by atoms with Crippen LogP contribution in [-0.4, -0.2) is 36.5 Å². The van der Waals surface area contributed by atoms with Crippen LogP contribution in [-0.2, 0) is 0 Å². The van der Waals surface area contributed by atoms with E-state index in [9.17, 15) is 9.18 Å². The number of benzene rings is 1. The minimum absolute atomic E-state index is 0.193. The van der Waals surface area contributed by atoms with Gasteiger partial charge in [0, 0.05) is 24.7 Å². The molecule has 1 unspecified atom stereocenters. The van der Waals surface area contributed by atoms with E-state index in [0.29, 0.717) is 22.5 Å². The molecule has 1 saturated carbocycles. The van der Waals surface area contributed by atoms with Gasteiger partial charge in [0.05, 0.1) is 4.47 Å². The Kier molecular flexibility index (Phi) is 4.08. The van der Waals surface area contributed by atoms with E-state index in [1.165, 1.54) is 18.9 Å². The lowest BCUT2D eigenvalue weighted by Gasteiger charge is -2.15. The maximum atomic E-state index is 13.4. The monoisotopic (exact) mass is 340 g/mol. The van der Waals surface area contributed by atoms with Crippen LogP contribution >= 0.6 is 15.9 Å². The summed E-state index contributed by atoms with van der Waals surface area (Å²) in [6.07, 6.45) is 3.81. The summed E-state index contributed by atoms with van der Waals surface area (Å²) in [5.41, 5.74) is 0.378. The van der Waals surface area contributed by atoms with Crippen LogP contribution in [0.2, 0.25) is 0 Å². The molecule has 0 radical (unpaired) electrons. The Morgan fingerprint density at radius 1 is 1.40 bits per heavy atom. The lowest BCUT2D eigenvalue weighted by atomic mass is 10.1. The predicted molar refractivity (Wildman–Crippen MR) is 79.1 cm³/mol. The smallest absolute Gasteiger partial charge is 0.251 e. The van der Waals surface area contributed by atoms with E-state index in [2.05, 4.69) is 26.1 Å². The zero-order valence-corrected chi connectivity index (χ0v) is 12.8. The van der Waals surface area contributed by atoms with Gasteiger partial charge in [0.2, 0.25) is 0 Å². The van der Waals surface area contributed by atoms with Crippen LogP contribution in [0.15, 0.2) is 22.7 Å². The van der Waals surface area contributed by atoms with Crippen LogP contribution in [0.25, 0.3) is 0 Å². The minimum atomic E-state index is -0.404. The highest BCUT2D eigenvalue weighted by molar-refractivity contribution is 9.10. The first-order valence-corrected chi connectivity index (χ1v) is 7.90. The molecule has 1 amide bonds. The van der Waals surface area contributed by atoms with Gasteiger partial charge in [0.25, 0.3) is 5.91 Å². The van der Waals surface area contributed by atoms with E-state index in [1.54, 1.807) is 12.1 Å². The van der Waals surface area contributed by atoms with Crippen LogP contribution in [0.5, 0.6) is 0 Å². The molecule has 1 aromatic rings. The largest absolute Gasteiger partial charge is 0.352 e. The molecule has 3 nitrogen and oxygen atoms in total. The Labute approximate surface area is 126 Å². The molecule has 20 heavy (non-hydrogen) atoms. The first-order chi connectivity index (χ1) is 9.63. The summed E-state index contributed by atoms with van der Waals surface area (Å²) in [4.78, 5) is 14.5. The van der Waals surface area contributed by atoms with E-state index in [1.807, 2.05) is 0 Å². The van der Waals surface area contributed by atoms with Gasteiger partial charge in [-0.2, -0.15) is 0 Å². The summed E-state index contributed by atoms with van der Waals surface area (Å²) < 4.78 is 13.8. The van der Waals surface area contributed by atoms with Crippen LogP contribution < -0.4 is 5.32 Å². The molecule has 2 aliphatic rings. The molecule has 2 fully saturated rings. The van der Waals surface area contributed by atoms with E-state index in [4.69, 9.17) is 0 Å². The van der Waals surface area contributed by atoms with E-state index in [-0.39, 0.29) is 5.91 Å². The van der Waals surface area contributed by atoms with Crippen molar-refractivity contribution in [1.29, 1.82) is 0 Å². The minimum Gasteiger partial charge on any atom is -0.352 e. The number of carbonyl (C=O) groups excluding carboxylic acids is 1. The third-order valence-electron chi connectivity index (χ3n) is 4.11. The van der Waals surface area contributed by atoms with Crippen molar-refractivity contribution in [2.45, 2.75) is 25.3 Å². The van der Waals surface area contributed by atoms with Crippen LogP contribution in [0, 0.1) is 11.7 Å². The summed E-state index contributed by atoms with van der Waals surface area (Å²) in [6.45, 7) is 2.91. The highest BCUT2D eigenvalue weighted by atomic mass is 79.9. The maximum Gasteiger partial charge on any atom is 0.251 e. The number of hydrogen-bond acceptors (Lipinski definition) is 2. The van der Waals surface area contributed by atoms with Crippen LogP contribution in [0.4, 0.5) is 4.39 Å². The molecule has 5 heteroatoms. The third kappa shape index (κ3) is 3.20. The molecule has 0 spiro atoms. The molecular formula is C15H18BrFN2O. The Morgan fingerprint density at radius 2 is 2.20 bits per heavy atom. The molecule has 1 aromatic carbocycles. The van der Waals surface area contributed by atoms with Gasteiger partial charge in [-0.1, -0.05) is 0 Å². The maximum absolute atomic E-state index is 13.4. The first kappa shape index (κ1) is 14.0. The molecule has 0 bridgehead atoms. The van der Waals surface area contributed by atoms with Crippen molar-refractivity contribution in [1.82, 2.24) is 10.2 Å². The van der Waals surface area contributed by atoms with Crippen LogP contribution in [0.3, 0.4) is 0 Å². The van der Waals surface area contributed by atoms with Gasteiger partial charge in [-0.15, -0.1) is 0 Å². The second-order valence-electron chi connectivity index (χ2n) is 5.72. The fraction of sp³-hybridized carbons (Fsp3) is 0.533. The topological polar surface area (TPSA) is 32.3 Å². The number of likely N-dealkylation sites (tertiary alicyclic amines) is 1. The molecule has 1 atom stereocenters. The number of rotatable bonds is 4. The lowest BCUT2D eigenvalue weighted by molar-refractivity contribution is 0.0947. The normalized spacial score (nSPS) is 23.0. The Morgan fingerprint density at radius 3 is 2.90 bits per heavy atom. The molecule has 3 rings (SSSR count). The zero-order valence-electron chi connectivity index (χ0n) is 11.2. The standard InChI is InChI=1S/C15H18BrFN2O/c16-13-4-1-11(7-14(13)17)15(20)18-8-10-5-6-19(9-10)12-2-3-12/h1,4,7,10,12H,2-3,5-6,8-9H2,(H,18,20). The first-order valence-electron chi connectivity index (χ1n) is 7.11. The summed E-state index contributed by atoms with van der Waals surface area (Å²) in [6, 6.07) is 5.27. The van der Waals surface area contributed by atoms with Gasteiger partial charge in [0.1, 0.15) is 5.82 Å². The van der Waals surface area contributed by atoms with Gasteiger partial charge < -0.3 is 10.2 Å². The molecule has 1 heterocycles. The highest BCUT2D eigenvalue weighted by Gasteiger charge is 2.34. The molecule has 0 aromatic heterocycles. The summed E-state index contributed by atoms with van der Waals surface area (Å²) >= 11 is 3.09. The number of halogens is 2. The second-order valence-corrected chi connectivity index (χ2v) is 6.57. The van der Waals surface area contributed by atoms with E-state index < -0.39 is 5.82 Å². The fourth-order valence-corrected chi connectivity index (χ4v) is 3.02. The van der Waals surface area contributed by atoms with Crippen LogP contribution in [0.1, 0.15) is 29.6 Å².